The first-order valence-electron chi connectivity index (χ1n) is 5.05. The molecule has 0 aliphatic carbocycles. The Bertz CT molecular complexity index is 292. The fourth-order valence-corrected chi connectivity index (χ4v) is 2.48. The van der Waals surface area contributed by atoms with Crippen LogP contribution in [0.3, 0.4) is 0 Å². The summed E-state index contributed by atoms with van der Waals surface area (Å²) in [6, 6.07) is 0.172. The van der Waals surface area contributed by atoms with Crippen LogP contribution in [0.2, 0.25) is 0 Å². The molecule has 0 aromatic carbocycles. The molecule has 1 aliphatic rings. The maximum absolute atomic E-state index is 6.09. The van der Waals surface area contributed by atoms with Crippen LogP contribution in [0.4, 0.5) is 0 Å². The second kappa shape index (κ2) is 4.98. The highest BCUT2D eigenvalue weighted by Gasteiger charge is 2.32. The van der Waals surface area contributed by atoms with E-state index < -0.39 is 0 Å². The number of hydrogen-bond donors (Lipinski definition) is 1. The van der Waals surface area contributed by atoms with Gasteiger partial charge in [0.15, 0.2) is 0 Å². The van der Waals surface area contributed by atoms with E-state index in [0.29, 0.717) is 5.92 Å². The van der Waals surface area contributed by atoms with Gasteiger partial charge >= 0.3 is 0 Å². The first kappa shape index (κ1) is 10.9. The average molecular weight is 228 g/mol. The van der Waals surface area contributed by atoms with E-state index in [1.54, 1.807) is 7.11 Å². The minimum absolute atomic E-state index is 0.172. The molecule has 1 fully saturated rings. The number of methoxy groups -OCH3 is 1. The second-order valence-electron chi connectivity index (χ2n) is 3.85. The minimum atomic E-state index is 0.172. The number of aromatic nitrogens is 2. The zero-order valence-corrected chi connectivity index (χ0v) is 9.61. The Morgan fingerprint density at radius 1 is 1.67 bits per heavy atom. The summed E-state index contributed by atoms with van der Waals surface area (Å²) < 4.78 is 8.94. The van der Waals surface area contributed by atoms with E-state index in [2.05, 4.69) is 14.5 Å². The monoisotopic (exact) mass is 228 g/mol. The van der Waals surface area contributed by atoms with Crippen molar-refractivity contribution in [3.8, 4) is 0 Å². The van der Waals surface area contributed by atoms with Crippen LogP contribution in [0, 0.1) is 0 Å². The van der Waals surface area contributed by atoms with Crippen LogP contribution in [-0.4, -0.2) is 53.9 Å². The highest BCUT2D eigenvalue weighted by molar-refractivity contribution is 7.03. The maximum atomic E-state index is 6.09. The lowest BCUT2D eigenvalue weighted by Crippen LogP contribution is -2.30. The zero-order chi connectivity index (χ0) is 10.7. The van der Waals surface area contributed by atoms with Gasteiger partial charge in [-0.2, -0.15) is 0 Å². The Kier molecular flexibility index (Phi) is 3.63. The fraction of sp³-hybridized carbons (Fsp3) is 0.778. The van der Waals surface area contributed by atoms with Crippen molar-refractivity contribution in [3.05, 3.63) is 11.1 Å². The molecule has 6 heteroatoms. The third-order valence-electron chi connectivity index (χ3n) is 2.81. The number of ether oxygens (including phenoxy) is 1. The molecule has 2 rings (SSSR count). The maximum Gasteiger partial charge on any atom is 0.0815 e. The molecule has 5 nitrogen and oxygen atoms in total. The van der Waals surface area contributed by atoms with Gasteiger partial charge in [0.1, 0.15) is 0 Å². The first-order chi connectivity index (χ1) is 7.31. The third-order valence-corrected chi connectivity index (χ3v) is 3.33. The van der Waals surface area contributed by atoms with Crippen LogP contribution in [0.15, 0.2) is 5.38 Å². The van der Waals surface area contributed by atoms with Gasteiger partial charge in [-0.3, -0.25) is 4.90 Å². The predicted octanol–water partition coefficient (Wildman–Crippen LogP) is -0.0890. The van der Waals surface area contributed by atoms with Crippen LogP contribution in [-0.2, 0) is 4.74 Å². The molecule has 1 aromatic heterocycles. The van der Waals surface area contributed by atoms with E-state index in [1.807, 2.05) is 5.38 Å². The van der Waals surface area contributed by atoms with E-state index in [9.17, 15) is 0 Å². The molecule has 1 aromatic rings. The Labute approximate surface area is 93.4 Å². The Hall–Kier alpha value is -0.560. The lowest BCUT2D eigenvalue weighted by Gasteiger charge is -2.13. The van der Waals surface area contributed by atoms with Crippen molar-refractivity contribution >= 4 is 11.5 Å². The fourth-order valence-electron chi connectivity index (χ4n) is 1.96. The molecule has 2 atom stereocenters. The van der Waals surface area contributed by atoms with Crippen LogP contribution >= 0.6 is 11.5 Å². The molecular formula is C9H16N4OS. The predicted molar refractivity (Wildman–Crippen MR) is 58.9 cm³/mol. The number of hydrogen-bond acceptors (Lipinski definition) is 6. The molecule has 0 radical (unpaired) electrons. The van der Waals surface area contributed by atoms with Crippen molar-refractivity contribution in [1.82, 2.24) is 14.5 Å². The van der Waals surface area contributed by atoms with Crippen molar-refractivity contribution in [2.24, 2.45) is 5.73 Å². The summed E-state index contributed by atoms with van der Waals surface area (Å²) in [4.78, 5) is 2.32. The summed E-state index contributed by atoms with van der Waals surface area (Å²) in [7, 11) is 1.72. The molecule has 0 spiro atoms. The normalized spacial score (nSPS) is 27.3. The van der Waals surface area contributed by atoms with E-state index in [0.717, 1.165) is 31.9 Å². The Morgan fingerprint density at radius 3 is 3.20 bits per heavy atom. The average Bonchev–Trinajstić information content (AvgIpc) is 2.83. The molecular weight excluding hydrogens is 212 g/mol. The molecule has 0 bridgehead atoms. The summed E-state index contributed by atoms with van der Waals surface area (Å²) in [6.45, 7) is 3.59. The summed E-state index contributed by atoms with van der Waals surface area (Å²) >= 11 is 1.39. The summed E-state index contributed by atoms with van der Waals surface area (Å²) in [5.41, 5.74) is 7.12. The quantitative estimate of drug-likeness (QED) is 0.780. The van der Waals surface area contributed by atoms with Gasteiger partial charge in [0, 0.05) is 44.1 Å². The zero-order valence-electron chi connectivity index (χ0n) is 8.80. The SMILES string of the molecule is COCCN1CC(N)C(c2csnn2)C1. The molecule has 1 saturated heterocycles. The van der Waals surface area contributed by atoms with Gasteiger partial charge in [-0.05, 0) is 11.5 Å². The lowest BCUT2D eigenvalue weighted by molar-refractivity contribution is 0.159. The van der Waals surface area contributed by atoms with Gasteiger partial charge in [-0.1, -0.05) is 4.49 Å². The van der Waals surface area contributed by atoms with Crippen molar-refractivity contribution in [2.75, 3.05) is 33.4 Å². The van der Waals surface area contributed by atoms with Gasteiger partial charge < -0.3 is 10.5 Å². The van der Waals surface area contributed by atoms with Gasteiger partial charge in [0.2, 0.25) is 0 Å². The Morgan fingerprint density at radius 2 is 2.53 bits per heavy atom. The van der Waals surface area contributed by atoms with Crippen molar-refractivity contribution in [1.29, 1.82) is 0 Å². The van der Waals surface area contributed by atoms with Crippen LogP contribution in [0.25, 0.3) is 0 Å². The first-order valence-corrected chi connectivity index (χ1v) is 5.88. The number of nitrogens with two attached hydrogens (primary N) is 1. The standard InChI is InChI=1S/C9H16N4OS/c1-14-3-2-13-4-7(8(10)5-13)9-6-15-12-11-9/h6-8H,2-5,10H2,1H3. The third kappa shape index (κ3) is 2.52. The van der Waals surface area contributed by atoms with Gasteiger partial charge in [0.05, 0.1) is 12.3 Å². The van der Waals surface area contributed by atoms with E-state index >= 15 is 0 Å². The highest BCUT2D eigenvalue weighted by Crippen LogP contribution is 2.25. The molecule has 84 valence electrons. The van der Waals surface area contributed by atoms with Crippen molar-refractivity contribution in [3.63, 3.8) is 0 Å². The van der Waals surface area contributed by atoms with Gasteiger partial charge in [-0.15, -0.1) is 5.10 Å². The van der Waals surface area contributed by atoms with Gasteiger partial charge in [-0.25, -0.2) is 0 Å². The molecule has 0 amide bonds. The van der Waals surface area contributed by atoms with E-state index in [-0.39, 0.29) is 6.04 Å². The molecule has 1 aliphatic heterocycles. The summed E-state index contributed by atoms with van der Waals surface area (Å²) in [5, 5.41) is 6.08. The van der Waals surface area contributed by atoms with Crippen molar-refractivity contribution < 1.29 is 4.74 Å². The van der Waals surface area contributed by atoms with Crippen molar-refractivity contribution in [2.45, 2.75) is 12.0 Å². The second-order valence-corrected chi connectivity index (χ2v) is 4.46. The number of likely N-dealkylation sites (tertiary alicyclic amines) is 1. The lowest BCUT2D eigenvalue weighted by atomic mass is 10.0. The molecule has 15 heavy (non-hydrogen) atoms. The molecule has 2 heterocycles. The Balaban J connectivity index is 1.93. The minimum Gasteiger partial charge on any atom is -0.383 e. The van der Waals surface area contributed by atoms with E-state index in [4.69, 9.17) is 10.5 Å². The smallest absolute Gasteiger partial charge is 0.0815 e. The van der Waals surface area contributed by atoms with Crippen LogP contribution < -0.4 is 5.73 Å². The summed E-state index contributed by atoms with van der Waals surface area (Å²) in [5.74, 6) is 0.334. The molecule has 2 N–H and O–H groups in total. The van der Waals surface area contributed by atoms with Crippen LogP contribution in [0.1, 0.15) is 11.6 Å². The topological polar surface area (TPSA) is 64.3 Å². The van der Waals surface area contributed by atoms with E-state index in [1.165, 1.54) is 11.5 Å². The highest BCUT2D eigenvalue weighted by atomic mass is 32.1. The van der Waals surface area contributed by atoms with Crippen LogP contribution in [0.5, 0.6) is 0 Å². The number of rotatable bonds is 4. The number of nitrogens with zero attached hydrogens (tertiary/aromatic N) is 3. The molecule has 2 unspecified atom stereocenters. The van der Waals surface area contributed by atoms with Gasteiger partial charge in [0.25, 0.3) is 0 Å². The molecule has 0 saturated carbocycles. The largest absolute Gasteiger partial charge is 0.383 e. The summed E-state index contributed by atoms with van der Waals surface area (Å²) in [6.07, 6.45) is 0.